The molecule has 0 atom stereocenters. The fourth-order valence-corrected chi connectivity index (χ4v) is 1.93. The lowest BCUT2D eigenvalue weighted by Gasteiger charge is -2.16. The van der Waals surface area contributed by atoms with Crippen LogP contribution in [0.5, 0.6) is 0 Å². The molecule has 1 aromatic heterocycles. The number of halogens is 1. The van der Waals surface area contributed by atoms with E-state index >= 15 is 0 Å². The number of aromatic nitrogens is 1. The van der Waals surface area contributed by atoms with E-state index < -0.39 is 0 Å². The highest BCUT2D eigenvalue weighted by molar-refractivity contribution is 6.31. The summed E-state index contributed by atoms with van der Waals surface area (Å²) in [5.74, 6) is -0.0900. The van der Waals surface area contributed by atoms with Gasteiger partial charge in [-0.1, -0.05) is 11.6 Å². The van der Waals surface area contributed by atoms with Gasteiger partial charge in [0.25, 0.3) is 5.91 Å². The average molecular weight is 243 g/mol. The van der Waals surface area contributed by atoms with Gasteiger partial charge in [0.2, 0.25) is 0 Å². The predicted octanol–water partition coefficient (Wildman–Crippen LogP) is 1.54. The summed E-state index contributed by atoms with van der Waals surface area (Å²) < 4.78 is 1.94. The number of carbonyl (C=O) groups excluding carboxylic acids is 1. The Labute approximate surface area is 99.4 Å². The topological polar surface area (TPSA) is 45.5 Å². The maximum Gasteiger partial charge on any atom is 0.270 e. The Kier molecular flexibility index (Phi) is 3.21. The molecule has 1 fully saturated rings. The fraction of sp³-hybridized carbons (Fsp3) is 0.545. The lowest BCUT2D eigenvalue weighted by Crippen LogP contribution is -2.31. The summed E-state index contributed by atoms with van der Waals surface area (Å²) in [5.41, 5.74) is 0.614. The molecular formula is C11H15ClN2O2. The molecule has 0 unspecified atom stereocenters. The van der Waals surface area contributed by atoms with Gasteiger partial charge in [-0.2, -0.15) is 0 Å². The third-order valence-corrected chi connectivity index (χ3v) is 2.96. The van der Waals surface area contributed by atoms with Crippen LogP contribution in [0.15, 0.2) is 12.3 Å². The van der Waals surface area contributed by atoms with Gasteiger partial charge in [-0.05, 0) is 18.9 Å². The van der Waals surface area contributed by atoms with Crippen molar-refractivity contribution in [2.75, 3.05) is 20.2 Å². The van der Waals surface area contributed by atoms with Gasteiger partial charge in [0, 0.05) is 25.8 Å². The van der Waals surface area contributed by atoms with E-state index in [0.717, 1.165) is 12.8 Å². The van der Waals surface area contributed by atoms with E-state index in [9.17, 15) is 4.79 Å². The van der Waals surface area contributed by atoms with Crippen LogP contribution in [-0.2, 0) is 0 Å². The molecule has 1 saturated carbocycles. The second kappa shape index (κ2) is 4.47. The van der Waals surface area contributed by atoms with E-state index in [-0.39, 0.29) is 12.5 Å². The fourth-order valence-electron chi connectivity index (χ4n) is 1.72. The highest BCUT2D eigenvalue weighted by atomic mass is 35.5. The molecule has 0 bridgehead atoms. The standard InChI is InChI=1S/C11H15ClN2O2/c1-13(4-5-15)11(16)10-6-8(12)7-14(10)9-2-3-9/h6-7,9,15H,2-5H2,1H3. The zero-order valence-electron chi connectivity index (χ0n) is 9.19. The number of rotatable bonds is 4. The number of aliphatic hydroxyl groups excluding tert-OH is 1. The molecule has 1 heterocycles. The van der Waals surface area contributed by atoms with Gasteiger partial charge in [0.1, 0.15) is 5.69 Å². The molecule has 0 aliphatic heterocycles. The average Bonchev–Trinajstić information content (AvgIpc) is 3.01. The first-order valence-corrected chi connectivity index (χ1v) is 5.75. The van der Waals surface area contributed by atoms with Gasteiger partial charge >= 0.3 is 0 Å². The molecule has 1 N–H and O–H groups in total. The number of carbonyl (C=O) groups is 1. The Morgan fingerprint density at radius 1 is 1.69 bits per heavy atom. The summed E-state index contributed by atoms with van der Waals surface area (Å²) in [6.45, 7) is 0.312. The molecular weight excluding hydrogens is 228 g/mol. The summed E-state index contributed by atoms with van der Waals surface area (Å²) in [4.78, 5) is 13.5. The quantitative estimate of drug-likeness (QED) is 0.871. The van der Waals surface area contributed by atoms with Gasteiger partial charge in [0.15, 0.2) is 0 Å². The number of hydrogen-bond donors (Lipinski definition) is 1. The second-order valence-electron chi connectivity index (χ2n) is 4.13. The first-order chi connectivity index (χ1) is 7.63. The van der Waals surface area contributed by atoms with Crippen molar-refractivity contribution < 1.29 is 9.90 Å². The summed E-state index contributed by atoms with van der Waals surface area (Å²) in [5, 5.41) is 9.39. The second-order valence-corrected chi connectivity index (χ2v) is 4.57. The van der Waals surface area contributed by atoms with Gasteiger partial charge in [-0.3, -0.25) is 4.79 Å². The molecule has 1 amide bonds. The maximum atomic E-state index is 12.0. The number of likely N-dealkylation sites (N-methyl/N-ethyl adjacent to an activating group) is 1. The summed E-state index contributed by atoms with van der Waals surface area (Å²) in [6, 6.07) is 2.12. The third-order valence-electron chi connectivity index (χ3n) is 2.76. The first-order valence-electron chi connectivity index (χ1n) is 5.37. The molecule has 2 rings (SSSR count). The van der Waals surface area contributed by atoms with Gasteiger partial charge in [-0.15, -0.1) is 0 Å². The summed E-state index contributed by atoms with van der Waals surface area (Å²) in [7, 11) is 1.68. The van der Waals surface area contributed by atoms with E-state index in [1.54, 1.807) is 19.3 Å². The van der Waals surface area contributed by atoms with Crippen LogP contribution >= 0.6 is 11.6 Å². The van der Waals surface area contributed by atoms with Crippen LogP contribution in [0.1, 0.15) is 29.4 Å². The SMILES string of the molecule is CN(CCO)C(=O)c1cc(Cl)cn1C1CC1. The first kappa shape index (κ1) is 11.5. The van der Waals surface area contributed by atoms with Crippen molar-refractivity contribution in [2.45, 2.75) is 18.9 Å². The van der Waals surface area contributed by atoms with Crippen LogP contribution in [0.4, 0.5) is 0 Å². The van der Waals surface area contributed by atoms with Crippen molar-refractivity contribution in [3.8, 4) is 0 Å². The highest BCUT2D eigenvalue weighted by Crippen LogP contribution is 2.37. The zero-order chi connectivity index (χ0) is 11.7. The van der Waals surface area contributed by atoms with Crippen LogP contribution in [0, 0.1) is 0 Å². The number of hydrogen-bond acceptors (Lipinski definition) is 2. The van der Waals surface area contributed by atoms with E-state index in [1.165, 1.54) is 4.90 Å². The Balaban J connectivity index is 2.21. The minimum absolute atomic E-state index is 0.0277. The van der Waals surface area contributed by atoms with Crippen molar-refractivity contribution in [2.24, 2.45) is 0 Å². The molecule has 4 nitrogen and oxygen atoms in total. The van der Waals surface area contributed by atoms with Crippen LogP contribution in [0.2, 0.25) is 5.02 Å². The van der Waals surface area contributed by atoms with E-state index in [1.807, 2.05) is 4.57 Å². The van der Waals surface area contributed by atoms with Crippen molar-refractivity contribution in [1.29, 1.82) is 0 Å². The van der Waals surface area contributed by atoms with E-state index in [2.05, 4.69) is 0 Å². The van der Waals surface area contributed by atoms with Crippen LogP contribution < -0.4 is 0 Å². The number of aliphatic hydroxyl groups is 1. The number of nitrogens with zero attached hydrogens (tertiary/aromatic N) is 2. The van der Waals surface area contributed by atoms with Gasteiger partial charge in [-0.25, -0.2) is 0 Å². The van der Waals surface area contributed by atoms with Crippen LogP contribution in [-0.4, -0.2) is 40.7 Å². The van der Waals surface area contributed by atoms with Crippen molar-refractivity contribution in [3.63, 3.8) is 0 Å². The Morgan fingerprint density at radius 3 is 2.94 bits per heavy atom. The molecule has 16 heavy (non-hydrogen) atoms. The van der Waals surface area contributed by atoms with Gasteiger partial charge in [0.05, 0.1) is 11.6 Å². The smallest absolute Gasteiger partial charge is 0.270 e. The lowest BCUT2D eigenvalue weighted by molar-refractivity contribution is 0.0756. The molecule has 0 spiro atoms. The predicted molar refractivity (Wildman–Crippen MR) is 61.8 cm³/mol. The van der Waals surface area contributed by atoms with E-state index in [0.29, 0.717) is 23.3 Å². The monoisotopic (exact) mass is 242 g/mol. The molecule has 1 aromatic rings. The molecule has 1 aliphatic rings. The van der Waals surface area contributed by atoms with Crippen LogP contribution in [0.3, 0.4) is 0 Å². The number of amides is 1. The largest absolute Gasteiger partial charge is 0.395 e. The zero-order valence-corrected chi connectivity index (χ0v) is 9.94. The molecule has 88 valence electrons. The summed E-state index contributed by atoms with van der Waals surface area (Å²) in [6.07, 6.45) is 4.02. The Morgan fingerprint density at radius 2 is 2.38 bits per heavy atom. The van der Waals surface area contributed by atoms with Crippen LogP contribution in [0.25, 0.3) is 0 Å². The molecule has 0 aromatic carbocycles. The summed E-state index contributed by atoms with van der Waals surface area (Å²) >= 11 is 5.92. The van der Waals surface area contributed by atoms with Gasteiger partial charge < -0.3 is 14.6 Å². The Hall–Kier alpha value is -1.00. The lowest BCUT2D eigenvalue weighted by atomic mass is 10.3. The molecule has 1 aliphatic carbocycles. The highest BCUT2D eigenvalue weighted by Gasteiger charge is 2.28. The van der Waals surface area contributed by atoms with E-state index in [4.69, 9.17) is 16.7 Å². The maximum absolute atomic E-state index is 12.0. The normalized spacial score (nSPS) is 15.2. The Bertz CT molecular complexity index is 399. The third kappa shape index (κ3) is 2.23. The molecule has 0 saturated heterocycles. The minimum atomic E-state index is -0.0900. The van der Waals surface area contributed by atoms with Crippen molar-refractivity contribution >= 4 is 17.5 Å². The molecule has 0 radical (unpaired) electrons. The minimum Gasteiger partial charge on any atom is -0.395 e. The van der Waals surface area contributed by atoms with Crippen molar-refractivity contribution in [3.05, 3.63) is 23.0 Å². The molecule has 5 heteroatoms. The van der Waals surface area contributed by atoms with Crippen molar-refractivity contribution in [1.82, 2.24) is 9.47 Å².